The standard InChI is InChI=1S/C21H25NO2.C9H8O5/c1-17-7-10-19(11-8-17)20(12-9-18-5-3-2-4-6-18)21(23)22-13-15-24-16-14-22;1-12-7-5-3-4(9(11)14-5)6(10)8(7)13-2/h2-8,10-11,20H,9,12-16H2,1H3;3,10H,1-2H3. The van der Waals surface area contributed by atoms with Crippen LogP contribution in [0.1, 0.15) is 39.4 Å². The van der Waals surface area contributed by atoms with E-state index < -0.39 is 5.97 Å². The SMILES string of the molecule is COc1c2cc(c(O)c1OC)C(=O)O2.Cc1ccc(C(CCc2ccccc2)C(=O)N2CCOCC2)cc1. The number of carbonyl (C=O) groups is 2. The van der Waals surface area contributed by atoms with E-state index >= 15 is 0 Å². The zero-order valence-corrected chi connectivity index (χ0v) is 21.9. The van der Waals surface area contributed by atoms with Crippen molar-refractivity contribution in [2.75, 3.05) is 40.5 Å². The van der Waals surface area contributed by atoms with Crippen LogP contribution in [0.4, 0.5) is 0 Å². The van der Waals surface area contributed by atoms with Gasteiger partial charge in [0, 0.05) is 19.2 Å². The molecule has 8 nitrogen and oxygen atoms in total. The minimum absolute atomic E-state index is 0.0797. The molecule has 2 bridgehead atoms. The lowest BCUT2D eigenvalue weighted by atomic mass is 9.90. The molecule has 5 rings (SSSR count). The summed E-state index contributed by atoms with van der Waals surface area (Å²) in [6, 6.07) is 20.2. The summed E-state index contributed by atoms with van der Waals surface area (Å²) in [5.74, 6) is -0.0932. The molecular weight excluding hydrogens is 486 g/mol. The van der Waals surface area contributed by atoms with E-state index in [1.54, 1.807) is 0 Å². The highest BCUT2D eigenvalue weighted by molar-refractivity contribution is 6.00. The molecule has 200 valence electrons. The molecule has 0 saturated carbocycles. The van der Waals surface area contributed by atoms with E-state index in [-0.39, 0.29) is 40.4 Å². The van der Waals surface area contributed by atoms with Gasteiger partial charge in [-0.05, 0) is 30.9 Å². The van der Waals surface area contributed by atoms with Gasteiger partial charge >= 0.3 is 5.97 Å². The maximum Gasteiger partial charge on any atom is 0.347 e. The van der Waals surface area contributed by atoms with Gasteiger partial charge in [0.2, 0.25) is 17.4 Å². The first kappa shape index (κ1) is 27.0. The Morgan fingerprint density at radius 2 is 1.66 bits per heavy atom. The van der Waals surface area contributed by atoms with Crippen LogP contribution in [0.15, 0.2) is 60.7 Å². The number of amides is 1. The number of rotatable bonds is 7. The molecule has 3 aromatic carbocycles. The first-order valence-electron chi connectivity index (χ1n) is 12.6. The number of methoxy groups -OCH3 is 2. The van der Waals surface area contributed by atoms with E-state index in [2.05, 4.69) is 55.5 Å². The molecule has 1 atom stereocenters. The number of hydrogen-bond donors (Lipinski definition) is 1. The largest absolute Gasteiger partial charge is 0.504 e. The van der Waals surface area contributed by atoms with Crippen molar-refractivity contribution in [3.63, 3.8) is 0 Å². The fraction of sp³-hybridized carbons (Fsp3) is 0.333. The molecule has 0 aliphatic carbocycles. The number of hydrogen-bond acceptors (Lipinski definition) is 7. The molecule has 3 aromatic rings. The van der Waals surface area contributed by atoms with E-state index in [1.165, 1.54) is 31.4 Å². The van der Waals surface area contributed by atoms with Crippen molar-refractivity contribution < 1.29 is 33.6 Å². The molecule has 0 spiro atoms. The quantitative estimate of drug-likeness (QED) is 0.459. The number of phenolic OH excluding ortho intramolecular Hbond substituents is 1. The summed E-state index contributed by atoms with van der Waals surface area (Å²) >= 11 is 0. The van der Waals surface area contributed by atoms with Crippen LogP contribution in [0.25, 0.3) is 0 Å². The minimum Gasteiger partial charge on any atom is -0.504 e. The van der Waals surface area contributed by atoms with Crippen LogP contribution in [0, 0.1) is 6.92 Å². The lowest BCUT2D eigenvalue weighted by molar-refractivity contribution is -0.137. The molecule has 1 saturated heterocycles. The molecule has 8 heteroatoms. The molecule has 0 radical (unpaired) electrons. The second-order valence-electron chi connectivity index (χ2n) is 9.15. The number of morpholine rings is 1. The number of aromatic hydroxyl groups is 1. The van der Waals surface area contributed by atoms with Crippen molar-refractivity contribution >= 4 is 11.9 Å². The summed E-state index contributed by atoms with van der Waals surface area (Å²) < 4.78 is 20.1. The van der Waals surface area contributed by atoms with Gasteiger partial charge < -0.3 is 29.0 Å². The van der Waals surface area contributed by atoms with E-state index in [4.69, 9.17) is 18.9 Å². The molecule has 1 unspecified atom stereocenters. The maximum absolute atomic E-state index is 13.1. The van der Waals surface area contributed by atoms with Crippen LogP contribution < -0.4 is 14.2 Å². The zero-order valence-electron chi connectivity index (χ0n) is 21.9. The van der Waals surface area contributed by atoms with Crippen molar-refractivity contribution in [3.05, 3.63) is 82.9 Å². The summed E-state index contributed by atoms with van der Waals surface area (Å²) in [7, 11) is 2.78. The first-order valence-corrected chi connectivity index (χ1v) is 12.6. The van der Waals surface area contributed by atoms with Gasteiger partial charge in [-0.3, -0.25) is 4.79 Å². The summed E-state index contributed by atoms with van der Waals surface area (Å²) in [6.07, 6.45) is 1.75. The Hall–Kier alpha value is -4.04. The first-order chi connectivity index (χ1) is 18.4. The fourth-order valence-electron chi connectivity index (χ4n) is 4.57. The smallest absolute Gasteiger partial charge is 0.347 e. The minimum atomic E-state index is -0.598. The Morgan fingerprint density at radius 1 is 1.00 bits per heavy atom. The lowest BCUT2D eigenvalue weighted by Gasteiger charge is -2.30. The van der Waals surface area contributed by atoms with Gasteiger partial charge in [0.05, 0.1) is 33.4 Å². The summed E-state index contributed by atoms with van der Waals surface area (Å²) in [6.45, 7) is 4.77. The van der Waals surface area contributed by atoms with Crippen LogP contribution in [0.5, 0.6) is 23.0 Å². The third-order valence-electron chi connectivity index (χ3n) is 6.67. The second-order valence-corrected chi connectivity index (χ2v) is 9.15. The second kappa shape index (κ2) is 12.5. The van der Waals surface area contributed by atoms with Gasteiger partial charge in [0.1, 0.15) is 5.56 Å². The molecule has 1 N–H and O–H groups in total. The van der Waals surface area contributed by atoms with Gasteiger partial charge in [-0.25, -0.2) is 4.79 Å². The van der Waals surface area contributed by atoms with E-state index in [0.717, 1.165) is 18.4 Å². The van der Waals surface area contributed by atoms with E-state index in [0.29, 0.717) is 26.3 Å². The third kappa shape index (κ3) is 6.08. The highest BCUT2D eigenvalue weighted by atomic mass is 16.6. The number of ether oxygens (including phenoxy) is 4. The zero-order chi connectivity index (χ0) is 27.1. The molecule has 38 heavy (non-hydrogen) atoms. The van der Waals surface area contributed by atoms with Crippen molar-refractivity contribution in [1.82, 2.24) is 4.90 Å². The third-order valence-corrected chi connectivity index (χ3v) is 6.67. The Balaban J connectivity index is 0.000000204. The number of fused-ring (bicyclic) bond motifs is 2. The van der Waals surface area contributed by atoms with Gasteiger partial charge in [0.25, 0.3) is 0 Å². The van der Waals surface area contributed by atoms with Crippen molar-refractivity contribution in [1.29, 1.82) is 0 Å². The molecule has 2 aliphatic heterocycles. The monoisotopic (exact) mass is 519 g/mol. The topological polar surface area (TPSA) is 94.5 Å². The van der Waals surface area contributed by atoms with Crippen LogP contribution >= 0.6 is 0 Å². The summed E-state index contributed by atoms with van der Waals surface area (Å²) in [4.78, 5) is 26.2. The molecule has 1 fully saturated rings. The Morgan fingerprint density at radius 3 is 2.29 bits per heavy atom. The predicted molar refractivity (Wildman–Crippen MR) is 142 cm³/mol. The van der Waals surface area contributed by atoms with Gasteiger partial charge in [-0.15, -0.1) is 0 Å². The predicted octanol–water partition coefficient (Wildman–Crippen LogP) is 4.51. The Labute approximate surface area is 222 Å². The van der Waals surface area contributed by atoms with Crippen LogP contribution in [0.3, 0.4) is 0 Å². The Kier molecular flexibility index (Phi) is 8.86. The van der Waals surface area contributed by atoms with E-state index in [9.17, 15) is 14.7 Å². The average molecular weight is 520 g/mol. The number of carbonyl (C=O) groups excluding carboxylic acids is 2. The Bertz CT molecular complexity index is 1250. The normalized spacial score (nSPS) is 14.7. The number of phenols is 1. The summed E-state index contributed by atoms with van der Waals surface area (Å²) in [5.41, 5.74) is 3.72. The van der Waals surface area contributed by atoms with E-state index in [1.807, 2.05) is 11.0 Å². The lowest BCUT2D eigenvalue weighted by Crippen LogP contribution is -2.43. The number of esters is 1. The molecule has 2 heterocycles. The maximum atomic E-state index is 13.1. The van der Waals surface area contributed by atoms with Crippen molar-refractivity contribution in [2.45, 2.75) is 25.7 Å². The van der Waals surface area contributed by atoms with Crippen LogP contribution in [-0.4, -0.2) is 62.4 Å². The average Bonchev–Trinajstić information content (AvgIpc) is 3.30. The van der Waals surface area contributed by atoms with Gasteiger partial charge in [0.15, 0.2) is 11.5 Å². The highest BCUT2D eigenvalue weighted by Gasteiger charge is 2.32. The molecule has 0 aromatic heterocycles. The highest BCUT2D eigenvalue weighted by Crippen LogP contribution is 2.49. The summed E-state index contributed by atoms with van der Waals surface area (Å²) in [5, 5.41) is 9.60. The molecule has 1 amide bonds. The number of aryl methyl sites for hydroxylation is 2. The molecular formula is C30H33NO7. The molecule has 2 aliphatic rings. The van der Waals surface area contributed by atoms with Gasteiger partial charge in [-0.1, -0.05) is 60.2 Å². The van der Waals surface area contributed by atoms with Crippen LogP contribution in [-0.2, 0) is 16.0 Å². The van der Waals surface area contributed by atoms with Gasteiger partial charge in [-0.2, -0.15) is 0 Å². The van der Waals surface area contributed by atoms with Crippen molar-refractivity contribution in [3.8, 4) is 23.0 Å². The number of nitrogens with zero attached hydrogens (tertiary/aromatic N) is 1. The van der Waals surface area contributed by atoms with Crippen LogP contribution in [0.2, 0.25) is 0 Å². The van der Waals surface area contributed by atoms with Crippen molar-refractivity contribution in [2.24, 2.45) is 0 Å². The fourth-order valence-corrected chi connectivity index (χ4v) is 4.57. The number of benzene rings is 3.